The zero-order chi connectivity index (χ0) is 8.65. The van der Waals surface area contributed by atoms with Crippen molar-refractivity contribution in [1.29, 1.82) is 0 Å². The maximum Gasteiger partial charge on any atom is 0.0299 e. The van der Waals surface area contributed by atoms with Crippen LogP contribution in [-0.4, -0.2) is 18.6 Å². The molecule has 68 valence electrons. The molecule has 0 bridgehead atoms. The van der Waals surface area contributed by atoms with Gasteiger partial charge >= 0.3 is 0 Å². The van der Waals surface area contributed by atoms with Gasteiger partial charge in [0.2, 0.25) is 0 Å². The molecule has 0 spiro atoms. The number of nitrogens with one attached hydrogen (secondary N) is 1. The lowest BCUT2D eigenvalue weighted by molar-refractivity contribution is 0.685. The maximum atomic E-state index is 3.42. The predicted molar refractivity (Wildman–Crippen MR) is 59.0 cm³/mol. The molecule has 3 heteroatoms. The zero-order valence-corrected chi connectivity index (χ0v) is 9.01. The molecule has 0 fully saturated rings. The van der Waals surface area contributed by atoms with Crippen LogP contribution in [0.5, 0.6) is 0 Å². The van der Waals surface area contributed by atoms with E-state index in [2.05, 4.69) is 29.1 Å². The molecule has 1 heterocycles. The minimum absolute atomic E-state index is 1.03. The Kier molecular flexibility index (Phi) is 5.48. The van der Waals surface area contributed by atoms with Gasteiger partial charge in [-0.3, -0.25) is 0 Å². The fraction of sp³-hybridized carbons (Fsp3) is 0.556. The third-order valence-corrected chi connectivity index (χ3v) is 3.15. The van der Waals surface area contributed by atoms with Crippen molar-refractivity contribution in [2.45, 2.75) is 13.0 Å². The van der Waals surface area contributed by atoms with Crippen LogP contribution in [0.25, 0.3) is 0 Å². The van der Waals surface area contributed by atoms with E-state index < -0.39 is 0 Å². The summed E-state index contributed by atoms with van der Waals surface area (Å²) in [6, 6.07) is 4.27. The summed E-state index contributed by atoms with van der Waals surface area (Å²) >= 11 is 3.73. The van der Waals surface area contributed by atoms with Crippen molar-refractivity contribution in [3.63, 3.8) is 0 Å². The molecule has 1 nitrogen and oxygen atoms in total. The predicted octanol–water partition coefficient (Wildman–Crippen LogP) is 2.59. The van der Waals surface area contributed by atoms with Crippen molar-refractivity contribution in [1.82, 2.24) is 5.32 Å². The van der Waals surface area contributed by atoms with Crippen LogP contribution in [0, 0.1) is 0 Å². The molecule has 0 aliphatic rings. The summed E-state index contributed by atoms with van der Waals surface area (Å²) < 4.78 is 0. The van der Waals surface area contributed by atoms with Crippen molar-refractivity contribution in [2.24, 2.45) is 0 Å². The van der Waals surface area contributed by atoms with Gasteiger partial charge in [-0.15, -0.1) is 11.3 Å². The van der Waals surface area contributed by atoms with Crippen molar-refractivity contribution in [2.75, 3.05) is 18.6 Å². The van der Waals surface area contributed by atoms with Gasteiger partial charge in [0.05, 0.1) is 0 Å². The lowest BCUT2D eigenvalue weighted by atomic mass is 10.4. The molecule has 0 saturated carbocycles. The summed E-state index contributed by atoms with van der Waals surface area (Å²) in [5.41, 5.74) is 0. The van der Waals surface area contributed by atoms with Crippen molar-refractivity contribution < 1.29 is 0 Å². The Bertz CT molecular complexity index is 184. The first-order valence-electron chi connectivity index (χ1n) is 4.15. The molecule has 0 saturated heterocycles. The average molecular weight is 201 g/mol. The highest BCUT2D eigenvalue weighted by molar-refractivity contribution is 7.98. The Balaban J connectivity index is 1.96. The van der Waals surface area contributed by atoms with Crippen LogP contribution >= 0.6 is 23.1 Å². The fourth-order valence-corrected chi connectivity index (χ4v) is 2.07. The zero-order valence-electron chi connectivity index (χ0n) is 7.38. The van der Waals surface area contributed by atoms with Crippen LogP contribution < -0.4 is 5.32 Å². The summed E-state index contributed by atoms with van der Waals surface area (Å²) in [6.45, 7) is 2.17. The van der Waals surface area contributed by atoms with Crippen molar-refractivity contribution in [3.05, 3.63) is 22.4 Å². The summed E-state index contributed by atoms with van der Waals surface area (Å²) in [4.78, 5) is 1.43. The third-order valence-electron chi connectivity index (χ3n) is 1.58. The first-order valence-corrected chi connectivity index (χ1v) is 6.43. The molecule has 0 radical (unpaired) electrons. The quantitative estimate of drug-likeness (QED) is 0.710. The fourth-order valence-electron chi connectivity index (χ4n) is 0.966. The van der Waals surface area contributed by atoms with Crippen molar-refractivity contribution >= 4 is 23.1 Å². The highest BCUT2D eigenvalue weighted by atomic mass is 32.2. The molecule has 0 atom stereocenters. The molecule has 0 aliphatic carbocycles. The topological polar surface area (TPSA) is 12.0 Å². The first-order chi connectivity index (χ1) is 5.93. The second kappa shape index (κ2) is 6.52. The molecule has 1 rings (SSSR count). The largest absolute Gasteiger partial charge is 0.312 e. The van der Waals surface area contributed by atoms with Gasteiger partial charge in [-0.2, -0.15) is 11.8 Å². The Hall–Kier alpha value is 0.01000. The van der Waals surface area contributed by atoms with Crippen molar-refractivity contribution in [3.8, 4) is 0 Å². The second-order valence-corrected chi connectivity index (χ2v) is 4.62. The summed E-state index contributed by atoms with van der Waals surface area (Å²) in [5, 5.41) is 5.54. The third kappa shape index (κ3) is 4.14. The van der Waals surface area contributed by atoms with Gasteiger partial charge in [-0.05, 0) is 36.4 Å². The Labute approximate surface area is 82.6 Å². The molecule has 1 N–H and O–H groups in total. The van der Waals surface area contributed by atoms with E-state index in [1.807, 2.05) is 23.1 Å². The normalized spacial score (nSPS) is 10.4. The molecule has 12 heavy (non-hydrogen) atoms. The SMILES string of the molecule is CSCCCNCc1cccs1. The lowest BCUT2D eigenvalue weighted by Crippen LogP contribution is -2.14. The molecule has 0 amide bonds. The van der Waals surface area contributed by atoms with E-state index in [1.54, 1.807) is 0 Å². The second-order valence-electron chi connectivity index (χ2n) is 2.60. The monoisotopic (exact) mass is 201 g/mol. The minimum Gasteiger partial charge on any atom is -0.312 e. The van der Waals surface area contributed by atoms with Gasteiger partial charge in [0, 0.05) is 11.4 Å². The van der Waals surface area contributed by atoms with E-state index in [9.17, 15) is 0 Å². The van der Waals surface area contributed by atoms with Crippen LogP contribution in [0.3, 0.4) is 0 Å². The smallest absolute Gasteiger partial charge is 0.0299 e. The summed E-state index contributed by atoms with van der Waals surface area (Å²) in [6.07, 6.45) is 3.42. The number of thioether (sulfide) groups is 1. The van der Waals surface area contributed by atoms with E-state index in [0.717, 1.165) is 13.1 Å². The van der Waals surface area contributed by atoms with Gasteiger partial charge in [-0.1, -0.05) is 6.07 Å². The lowest BCUT2D eigenvalue weighted by Gasteiger charge is -2.00. The number of hydrogen-bond donors (Lipinski definition) is 1. The van der Waals surface area contributed by atoms with Gasteiger partial charge in [0.15, 0.2) is 0 Å². The molecular weight excluding hydrogens is 186 g/mol. The van der Waals surface area contributed by atoms with Crippen LogP contribution in [-0.2, 0) is 6.54 Å². The van der Waals surface area contributed by atoms with Gasteiger partial charge < -0.3 is 5.32 Å². The molecular formula is C9H15NS2. The summed E-state index contributed by atoms with van der Waals surface area (Å²) in [7, 11) is 0. The average Bonchev–Trinajstić information content (AvgIpc) is 2.57. The Morgan fingerprint density at radius 3 is 3.17 bits per heavy atom. The van der Waals surface area contributed by atoms with E-state index in [-0.39, 0.29) is 0 Å². The van der Waals surface area contributed by atoms with E-state index >= 15 is 0 Å². The molecule has 1 aromatic heterocycles. The molecule has 0 aromatic carbocycles. The molecule has 0 aliphatic heterocycles. The molecule has 1 aromatic rings. The van der Waals surface area contributed by atoms with Gasteiger partial charge in [0.1, 0.15) is 0 Å². The number of thiophene rings is 1. The standard InChI is InChI=1S/C9H15NS2/c1-11-6-3-5-10-8-9-4-2-7-12-9/h2,4,7,10H,3,5-6,8H2,1H3. The van der Waals surface area contributed by atoms with Crippen LogP contribution in [0.2, 0.25) is 0 Å². The minimum atomic E-state index is 1.03. The number of hydrogen-bond acceptors (Lipinski definition) is 3. The molecule has 0 unspecified atom stereocenters. The van der Waals surface area contributed by atoms with Crippen LogP contribution in [0.1, 0.15) is 11.3 Å². The Morgan fingerprint density at radius 1 is 1.58 bits per heavy atom. The first kappa shape index (κ1) is 10.1. The highest BCUT2D eigenvalue weighted by Gasteiger charge is 1.91. The van der Waals surface area contributed by atoms with E-state index in [4.69, 9.17) is 0 Å². The van der Waals surface area contributed by atoms with Gasteiger partial charge in [-0.25, -0.2) is 0 Å². The van der Waals surface area contributed by atoms with Crippen LogP contribution in [0.4, 0.5) is 0 Å². The summed E-state index contributed by atoms with van der Waals surface area (Å²) in [5.74, 6) is 1.26. The number of rotatable bonds is 6. The Morgan fingerprint density at radius 2 is 2.50 bits per heavy atom. The van der Waals surface area contributed by atoms with E-state index in [1.165, 1.54) is 17.1 Å². The van der Waals surface area contributed by atoms with E-state index in [0.29, 0.717) is 0 Å². The van der Waals surface area contributed by atoms with Crippen LogP contribution in [0.15, 0.2) is 17.5 Å². The highest BCUT2D eigenvalue weighted by Crippen LogP contribution is 2.07. The maximum absolute atomic E-state index is 3.42. The van der Waals surface area contributed by atoms with Gasteiger partial charge in [0.25, 0.3) is 0 Å².